The zero-order valence-electron chi connectivity index (χ0n) is 15.2. The molecule has 0 unspecified atom stereocenters. The van der Waals surface area contributed by atoms with Gasteiger partial charge in [0, 0.05) is 14.1 Å². The molecule has 0 spiro atoms. The number of thiazole rings is 1. The number of hydrogen-bond acceptors (Lipinski definition) is 7. The fraction of sp³-hybridized carbons (Fsp3) is 0.167. The molecule has 0 aliphatic carbocycles. The van der Waals surface area contributed by atoms with Crippen LogP contribution in [-0.2, 0) is 14.1 Å². The highest BCUT2D eigenvalue weighted by Crippen LogP contribution is 2.31. The lowest BCUT2D eigenvalue weighted by Crippen LogP contribution is -2.37. The van der Waals surface area contributed by atoms with E-state index in [1.165, 1.54) is 35.2 Å². The molecule has 0 saturated heterocycles. The van der Waals surface area contributed by atoms with Crippen LogP contribution < -0.4 is 16.6 Å². The number of thiophene rings is 1. The van der Waals surface area contributed by atoms with Gasteiger partial charge in [-0.05, 0) is 24.4 Å². The number of aromatic nitrogens is 4. The summed E-state index contributed by atoms with van der Waals surface area (Å²) in [6, 6.07) is 5.42. The molecule has 0 bridgehead atoms. The van der Waals surface area contributed by atoms with Gasteiger partial charge in [0.15, 0.2) is 0 Å². The van der Waals surface area contributed by atoms with Crippen LogP contribution in [0.1, 0.15) is 15.4 Å². The van der Waals surface area contributed by atoms with E-state index in [1.807, 2.05) is 17.5 Å². The maximum absolute atomic E-state index is 12.7. The van der Waals surface area contributed by atoms with E-state index in [-0.39, 0.29) is 16.9 Å². The fourth-order valence-electron chi connectivity index (χ4n) is 2.83. The van der Waals surface area contributed by atoms with Crippen molar-refractivity contribution >= 4 is 45.3 Å². The van der Waals surface area contributed by atoms with E-state index in [4.69, 9.17) is 0 Å². The number of carbonyl (C=O) groups is 1. The maximum atomic E-state index is 12.7. The molecular formula is C18H15N5O3S2. The molecule has 10 heteroatoms. The molecule has 0 fully saturated rings. The summed E-state index contributed by atoms with van der Waals surface area (Å²) in [7, 11) is 2.95. The first-order valence-electron chi connectivity index (χ1n) is 8.25. The van der Waals surface area contributed by atoms with Crippen molar-refractivity contribution in [3.63, 3.8) is 0 Å². The van der Waals surface area contributed by atoms with Crippen LogP contribution in [0, 0.1) is 6.92 Å². The normalized spacial score (nSPS) is 11.1. The number of pyridine rings is 1. The summed E-state index contributed by atoms with van der Waals surface area (Å²) in [6.07, 6.45) is 1.43. The van der Waals surface area contributed by atoms with Gasteiger partial charge in [-0.25, -0.2) is 14.8 Å². The van der Waals surface area contributed by atoms with Crippen molar-refractivity contribution in [1.29, 1.82) is 0 Å². The first-order chi connectivity index (χ1) is 13.4. The van der Waals surface area contributed by atoms with Gasteiger partial charge in [-0.2, -0.15) is 0 Å². The lowest BCUT2D eigenvalue weighted by molar-refractivity contribution is 0.103. The molecule has 4 heterocycles. The molecule has 142 valence electrons. The van der Waals surface area contributed by atoms with E-state index in [2.05, 4.69) is 15.3 Å². The van der Waals surface area contributed by atoms with Crippen molar-refractivity contribution < 1.29 is 4.79 Å². The van der Waals surface area contributed by atoms with Gasteiger partial charge in [0.05, 0.1) is 27.8 Å². The van der Waals surface area contributed by atoms with Crippen molar-refractivity contribution in [1.82, 2.24) is 19.1 Å². The monoisotopic (exact) mass is 413 g/mol. The number of nitrogens with one attached hydrogen (secondary N) is 1. The Balaban J connectivity index is 1.70. The molecule has 4 aromatic heterocycles. The summed E-state index contributed by atoms with van der Waals surface area (Å²) in [5, 5.41) is 5.77. The summed E-state index contributed by atoms with van der Waals surface area (Å²) >= 11 is 2.88. The van der Waals surface area contributed by atoms with Crippen molar-refractivity contribution in [2.45, 2.75) is 6.92 Å². The smallest absolute Gasteiger partial charge is 0.320 e. The van der Waals surface area contributed by atoms with Crippen molar-refractivity contribution in [2.24, 2.45) is 14.1 Å². The number of carbonyl (C=O) groups excluding carboxylic acids is 1. The maximum Gasteiger partial charge on any atom is 0.332 e. The van der Waals surface area contributed by atoms with E-state index < -0.39 is 11.2 Å². The lowest BCUT2D eigenvalue weighted by Gasteiger charge is -2.08. The number of aryl methyl sites for hydroxylation is 2. The molecule has 0 aromatic carbocycles. The number of rotatable bonds is 3. The van der Waals surface area contributed by atoms with E-state index in [9.17, 15) is 14.4 Å². The first kappa shape index (κ1) is 18.3. The van der Waals surface area contributed by atoms with Gasteiger partial charge in [0.1, 0.15) is 15.5 Å². The van der Waals surface area contributed by atoms with Gasteiger partial charge < -0.3 is 5.32 Å². The minimum Gasteiger partial charge on any atom is -0.320 e. The third kappa shape index (κ3) is 2.96. The summed E-state index contributed by atoms with van der Waals surface area (Å²) in [5.74, 6) is -0.319. The van der Waals surface area contributed by atoms with Gasteiger partial charge in [0.25, 0.3) is 11.5 Å². The highest BCUT2D eigenvalue weighted by atomic mass is 32.1. The average molecular weight is 413 g/mol. The molecule has 0 aliphatic rings. The molecule has 0 aliphatic heterocycles. The minimum absolute atomic E-state index is 0.253. The SMILES string of the molecule is Cc1nc(-c2cccs2)sc1C(=O)Nc1cnc2c(c1)c(=O)n(C)c(=O)n2C. The van der Waals surface area contributed by atoms with Gasteiger partial charge in [-0.15, -0.1) is 22.7 Å². The average Bonchev–Trinajstić information content (AvgIpc) is 3.34. The lowest BCUT2D eigenvalue weighted by atomic mass is 10.3. The van der Waals surface area contributed by atoms with Crippen LogP contribution >= 0.6 is 22.7 Å². The molecule has 0 saturated carbocycles. The Labute approximate surface area is 166 Å². The quantitative estimate of drug-likeness (QED) is 0.556. The minimum atomic E-state index is -0.462. The molecule has 0 atom stereocenters. The van der Waals surface area contributed by atoms with E-state index in [1.54, 1.807) is 25.3 Å². The molecule has 1 N–H and O–H groups in total. The van der Waals surface area contributed by atoms with Gasteiger partial charge >= 0.3 is 5.69 Å². The van der Waals surface area contributed by atoms with E-state index in [0.29, 0.717) is 16.3 Å². The Hall–Kier alpha value is -3.11. The van der Waals surface area contributed by atoms with Crippen LogP contribution in [0.4, 0.5) is 5.69 Å². The first-order valence-corrected chi connectivity index (χ1v) is 9.95. The fourth-order valence-corrected chi connectivity index (χ4v) is 4.59. The predicted molar refractivity (Wildman–Crippen MR) is 110 cm³/mol. The Kier molecular flexibility index (Phi) is 4.44. The number of hydrogen-bond donors (Lipinski definition) is 1. The van der Waals surface area contributed by atoms with Crippen LogP contribution in [0.2, 0.25) is 0 Å². The standard InChI is InChI=1S/C18H15N5O3S2/c1-9-13(28-16(20-9)12-5-4-6-27-12)15(24)21-10-7-11-14(19-8-10)22(2)18(26)23(3)17(11)25/h4-8H,1-3H3,(H,21,24). The zero-order valence-corrected chi connectivity index (χ0v) is 16.8. The van der Waals surface area contributed by atoms with Crippen LogP contribution in [-0.4, -0.2) is 25.0 Å². The second-order valence-electron chi connectivity index (χ2n) is 6.17. The highest BCUT2D eigenvalue weighted by molar-refractivity contribution is 7.22. The Morgan fingerprint density at radius 1 is 1.21 bits per heavy atom. The van der Waals surface area contributed by atoms with Crippen LogP contribution in [0.3, 0.4) is 0 Å². The Morgan fingerprint density at radius 3 is 2.71 bits per heavy atom. The van der Waals surface area contributed by atoms with Crippen LogP contribution in [0.5, 0.6) is 0 Å². The molecule has 0 radical (unpaired) electrons. The van der Waals surface area contributed by atoms with Crippen molar-refractivity contribution in [2.75, 3.05) is 5.32 Å². The third-order valence-corrected chi connectivity index (χ3v) is 6.48. The van der Waals surface area contributed by atoms with Crippen molar-refractivity contribution in [3.8, 4) is 9.88 Å². The summed E-state index contributed by atoms with van der Waals surface area (Å²) in [6.45, 7) is 1.78. The largest absolute Gasteiger partial charge is 0.332 e. The molecule has 4 rings (SSSR count). The number of anilines is 1. The zero-order chi connectivity index (χ0) is 20.0. The summed E-state index contributed by atoms with van der Waals surface area (Å²) in [4.78, 5) is 47.3. The van der Waals surface area contributed by atoms with Gasteiger partial charge in [-0.1, -0.05) is 6.07 Å². The molecule has 8 nitrogen and oxygen atoms in total. The topological polar surface area (TPSA) is 98.9 Å². The van der Waals surface area contributed by atoms with E-state index in [0.717, 1.165) is 14.5 Å². The number of nitrogens with zero attached hydrogens (tertiary/aromatic N) is 4. The van der Waals surface area contributed by atoms with Crippen molar-refractivity contribution in [3.05, 3.63) is 61.2 Å². The second kappa shape index (κ2) is 6.80. The summed E-state index contributed by atoms with van der Waals surface area (Å²) < 4.78 is 2.30. The molecule has 1 amide bonds. The highest BCUT2D eigenvalue weighted by Gasteiger charge is 2.18. The number of amides is 1. The molecule has 28 heavy (non-hydrogen) atoms. The van der Waals surface area contributed by atoms with E-state index >= 15 is 0 Å². The van der Waals surface area contributed by atoms with Crippen LogP contribution in [0.25, 0.3) is 20.9 Å². The third-order valence-electron chi connectivity index (χ3n) is 4.29. The number of fused-ring (bicyclic) bond motifs is 1. The molecule has 4 aromatic rings. The second-order valence-corrected chi connectivity index (χ2v) is 8.11. The van der Waals surface area contributed by atoms with Crippen LogP contribution in [0.15, 0.2) is 39.4 Å². The molecular weight excluding hydrogens is 398 g/mol. The van der Waals surface area contributed by atoms with Gasteiger partial charge in [0.2, 0.25) is 0 Å². The van der Waals surface area contributed by atoms with Gasteiger partial charge in [-0.3, -0.25) is 18.7 Å². The predicted octanol–water partition coefficient (Wildman–Crippen LogP) is 2.38. The summed E-state index contributed by atoms with van der Waals surface area (Å²) in [5.41, 5.74) is 0.357. The Morgan fingerprint density at radius 2 is 2.00 bits per heavy atom. The Bertz CT molecular complexity index is 1330.